The van der Waals surface area contributed by atoms with Crippen molar-refractivity contribution in [2.24, 2.45) is 7.05 Å². The van der Waals surface area contributed by atoms with Gasteiger partial charge in [-0.05, 0) is 25.1 Å². The summed E-state index contributed by atoms with van der Waals surface area (Å²) in [5.41, 5.74) is 3.42. The summed E-state index contributed by atoms with van der Waals surface area (Å²) >= 11 is 0. The van der Waals surface area contributed by atoms with Gasteiger partial charge in [0.25, 0.3) is 0 Å². The van der Waals surface area contributed by atoms with Gasteiger partial charge in [0.05, 0.1) is 24.7 Å². The van der Waals surface area contributed by atoms with E-state index in [1.807, 2.05) is 67.3 Å². The Morgan fingerprint density at radius 1 is 1.23 bits per heavy atom. The molecule has 1 amide bonds. The van der Waals surface area contributed by atoms with Crippen LogP contribution in [0.1, 0.15) is 17.4 Å². The zero-order chi connectivity index (χ0) is 21.1. The van der Waals surface area contributed by atoms with E-state index in [4.69, 9.17) is 4.74 Å². The van der Waals surface area contributed by atoms with E-state index in [1.54, 1.807) is 24.3 Å². The van der Waals surface area contributed by atoms with Crippen molar-refractivity contribution in [3.8, 4) is 16.9 Å². The molecule has 1 unspecified atom stereocenters. The lowest BCUT2D eigenvalue weighted by atomic mass is 10.0. The Morgan fingerprint density at radius 2 is 2.00 bits per heavy atom. The summed E-state index contributed by atoms with van der Waals surface area (Å²) in [6.07, 6.45) is 7.61. The molecule has 0 spiro atoms. The first-order chi connectivity index (χ1) is 14.6. The highest BCUT2D eigenvalue weighted by molar-refractivity contribution is 5.97. The fourth-order valence-electron chi connectivity index (χ4n) is 3.67. The fourth-order valence-corrected chi connectivity index (χ4v) is 3.67. The van der Waals surface area contributed by atoms with Gasteiger partial charge in [0.15, 0.2) is 0 Å². The van der Waals surface area contributed by atoms with Crippen LogP contribution in [0.3, 0.4) is 0 Å². The van der Waals surface area contributed by atoms with Crippen LogP contribution < -0.4 is 10.1 Å². The van der Waals surface area contributed by atoms with Crippen LogP contribution in [-0.4, -0.2) is 37.3 Å². The van der Waals surface area contributed by atoms with Crippen molar-refractivity contribution in [2.45, 2.75) is 19.4 Å². The number of amides is 1. The van der Waals surface area contributed by atoms with Crippen molar-refractivity contribution in [1.82, 2.24) is 24.3 Å². The number of aromatic nitrogens is 5. The van der Waals surface area contributed by atoms with Crippen molar-refractivity contribution in [3.63, 3.8) is 0 Å². The van der Waals surface area contributed by atoms with Gasteiger partial charge in [-0.1, -0.05) is 18.2 Å². The fraction of sp³-hybridized carbons (Fsp3) is 0.227. The highest BCUT2D eigenvalue weighted by Gasteiger charge is 2.25. The third-order valence-corrected chi connectivity index (χ3v) is 5.10. The topological polar surface area (TPSA) is 89.8 Å². The van der Waals surface area contributed by atoms with Crippen LogP contribution in [0.25, 0.3) is 11.1 Å². The molecule has 4 aromatic rings. The molecule has 0 saturated carbocycles. The number of nitrogens with zero attached hydrogens (tertiary/aromatic N) is 4. The largest absolute Gasteiger partial charge is 0.496 e. The predicted octanol–water partition coefficient (Wildman–Crippen LogP) is 3.35. The number of carbonyl (C=O) groups is 1. The predicted molar refractivity (Wildman–Crippen MR) is 114 cm³/mol. The van der Waals surface area contributed by atoms with Crippen molar-refractivity contribution in [2.75, 3.05) is 12.4 Å². The van der Waals surface area contributed by atoms with E-state index >= 15 is 0 Å². The molecule has 30 heavy (non-hydrogen) atoms. The van der Waals surface area contributed by atoms with Gasteiger partial charge in [0.1, 0.15) is 17.6 Å². The lowest BCUT2D eigenvalue weighted by Crippen LogP contribution is -2.28. The SMILES string of the molecule is COc1ccccc1-c1c(C)nn(C)c1NC(=O)C(Cc1cnc[nH]1)n1cccc1. The molecule has 0 aliphatic rings. The minimum atomic E-state index is -0.443. The molecule has 0 fully saturated rings. The number of anilines is 1. The number of carbonyl (C=O) groups excluding carboxylic acids is 1. The van der Waals surface area contributed by atoms with Crippen molar-refractivity contribution in [1.29, 1.82) is 0 Å². The molecule has 3 aromatic heterocycles. The van der Waals surface area contributed by atoms with Crippen LogP contribution in [0.15, 0.2) is 61.3 Å². The molecule has 8 nitrogen and oxygen atoms in total. The van der Waals surface area contributed by atoms with Gasteiger partial charge < -0.3 is 19.6 Å². The first-order valence-electron chi connectivity index (χ1n) is 9.66. The van der Waals surface area contributed by atoms with E-state index in [-0.39, 0.29) is 5.91 Å². The molecule has 1 aromatic carbocycles. The zero-order valence-corrected chi connectivity index (χ0v) is 17.2. The summed E-state index contributed by atoms with van der Waals surface area (Å²) in [7, 11) is 3.45. The maximum absolute atomic E-state index is 13.4. The number of ether oxygens (including phenoxy) is 1. The average molecular weight is 404 g/mol. The van der Waals surface area contributed by atoms with E-state index in [2.05, 4.69) is 20.4 Å². The summed E-state index contributed by atoms with van der Waals surface area (Å²) in [4.78, 5) is 20.5. The van der Waals surface area contributed by atoms with Gasteiger partial charge in [-0.15, -0.1) is 0 Å². The molecule has 8 heteroatoms. The second kappa shape index (κ2) is 8.28. The molecule has 0 saturated heterocycles. The van der Waals surface area contributed by atoms with Crippen LogP contribution in [0.5, 0.6) is 5.75 Å². The van der Waals surface area contributed by atoms with Crippen LogP contribution >= 0.6 is 0 Å². The van der Waals surface area contributed by atoms with Gasteiger partial charge >= 0.3 is 0 Å². The van der Waals surface area contributed by atoms with Crippen LogP contribution in [0.2, 0.25) is 0 Å². The number of rotatable bonds is 7. The average Bonchev–Trinajstić information content (AvgIpc) is 3.49. The number of aromatic amines is 1. The number of benzene rings is 1. The Kier molecular flexibility index (Phi) is 5.38. The summed E-state index contributed by atoms with van der Waals surface area (Å²) in [6.45, 7) is 1.92. The highest BCUT2D eigenvalue weighted by atomic mass is 16.5. The van der Waals surface area contributed by atoms with Gasteiger partial charge in [0.2, 0.25) is 5.91 Å². The maximum Gasteiger partial charge on any atom is 0.248 e. The molecule has 0 aliphatic heterocycles. The Morgan fingerprint density at radius 3 is 2.70 bits per heavy atom. The number of H-pyrrole nitrogens is 1. The number of hydrogen-bond acceptors (Lipinski definition) is 4. The molecule has 3 heterocycles. The van der Waals surface area contributed by atoms with Gasteiger partial charge in [-0.25, -0.2) is 4.98 Å². The standard InChI is InChI=1S/C22H24N6O2/c1-15-20(17-8-4-5-9-19(17)30-3)21(27(2)26-15)25-22(29)18(28-10-6-7-11-28)12-16-13-23-14-24-16/h4-11,13-14,18H,12H2,1-3H3,(H,23,24)(H,25,29). The lowest BCUT2D eigenvalue weighted by molar-refractivity contribution is -0.119. The smallest absolute Gasteiger partial charge is 0.248 e. The number of para-hydroxylation sites is 1. The highest BCUT2D eigenvalue weighted by Crippen LogP contribution is 2.37. The quantitative estimate of drug-likeness (QED) is 0.494. The monoisotopic (exact) mass is 404 g/mol. The van der Waals surface area contributed by atoms with E-state index in [0.29, 0.717) is 12.2 Å². The first kappa shape index (κ1) is 19.5. The van der Waals surface area contributed by atoms with Crippen LogP contribution in [0, 0.1) is 6.92 Å². The molecule has 1 atom stereocenters. The summed E-state index contributed by atoms with van der Waals surface area (Å²) < 4.78 is 9.12. The minimum Gasteiger partial charge on any atom is -0.496 e. The molecule has 154 valence electrons. The number of imidazole rings is 1. The zero-order valence-electron chi connectivity index (χ0n) is 17.2. The van der Waals surface area contributed by atoms with E-state index < -0.39 is 6.04 Å². The summed E-state index contributed by atoms with van der Waals surface area (Å²) in [5.74, 6) is 1.22. The summed E-state index contributed by atoms with van der Waals surface area (Å²) in [5, 5.41) is 7.64. The molecular weight excluding hydrogens is 380 g/mol. The molecule has 0 aliphatic carbocycles. The number of nitrogens with one attached hydrogen (secondary N) is 2. The number of hydrogen-bond donors (Lipinski definition) is 2. The number of methoxy groups -OCH3 is 1. The van der Waals surface area contributed by atoms with Crippen LogP contribution in [-0.2, 0) is 18.3 Å². The molecule has 4 rings (SSSR count). The molecule has 0 radical (unpaired) electrons. The molecular formula is C22H24N6O2. The lowest BCUT2D eigenvalue weighted by Gasteiger charge is -2.19. The second-order valence-electron chi connectivity index (χ2n) is 7.05. The Hall–Kier alpha value is -3.81. The van der Waals surface area contributed by atoms with E-state index in [9.17, 15) is 4.79 Å². The number of aryl methyl sites for hydroxylation is 2. The third kappa shape index (κ3) is 3.71. The van der Waals surface area contributed by atoms with Gasteiger partial charge in [-0.2, -0.15) is 5.10 Å². The van der Waals surface area contributed by atoms with Crippen molar-refractivity contribution < 1.29 is 9.53 Å². The normalized spacial score (nSPS) is 12.0. The van der Waals surface area contributed by atoms with Crippen molar-refractivity contribution >= 4 is 11.7 Å². The van der Waals surface area contributed by atoms with E-state index in [0.717, 1.165) is 28.3 Å². The maximum atomic E-state index is 13.4. The van der Waals surface area contributed by atoms with Gasteiger partial charge in [-0.3, -0.25) is 9.48 Å². The molecule has 0 bridgehead atoms. The third-order valence-electron chi connectivity index (χ3n) is 5.10. The Bertz CT molecular complexity index is 1130. The Labute approximate surface area is 174 Å². The van der Waals surface area contributed by atoms with E-state index in [1.165, 1.54) is 0 Å². The first-order valence-corrected chi connectivity index (χ1v) is 9.66. The van der Waals surface area contributed by atoms with Crippen LogP contribution in [0.4, 0.5) is 5.82 Å². The minimum absolute atomic E-state index is 0.139. The van der Waals surface area contributed by atoms with Gasteiger partial charge in [0, 0.05) is 43.3 Å². The second-order valence-corrected chi connectivity index (χ2v) is 7.05. The van der Waals surface area contributed by atoms with Crippen molar-refractivity contribution in [3.05, 3.63) is 72.7 Å². The Balaban J connectivity index is 1.70. The summed E-state index contributed by atoms with van der Waals surface area (Å²) in [6, 6.07) is 11.1. The molecule has 2 N–H and O–H groups in total.